The zero-order valence-corrected chi connectivity index (χ0v) is 10.4. The van der Waals surface area contributed by atoms with E-state index in [0.29, 0.717) is 6.04 Å². The molecule has 1 heterocycles. The average molecular weight is 224 g/mol. The van der Waals surface area contributed by atoms with Gasteiger partial charge < -0.3 is 5.32 Å². The number of rotatable bonds is 3. The zero-order valence-electron chi connectivity index (χ0n) is 9.57. The zero-order chi connectivity index (χ0) is 10.7. The van der Waals surface area contributed by atoms with Crippen LogP contribution in [0.2, 0.25) is 0 Å². The highest BCUT2D eigenvalue weighted by molar-refractivity contribution is 7.13. The lowest BCUT2D eigenvalue weighted by Gasteiger charge is -2.31. The van der Waals surface area contributed by atoms with Gasteiger partial charge in [-0.05, 0) is 37.5 Å². The average Bonchev–Trinajstić information content (AvgIpc) is 2.71. The minimum atomic E-state index is 0.658. The summed E-state index contributed by atoms with van der Waals surface area (Å²) in [7, 11) is 0. The topological polar surface area (TPSA) is 24.9 Å². The van der Waals surface area contributed by atoms with Crippen LogP contribution in [0.1, 0.15) is 39.5 Å². The highest BCUT2D eigenvalue weighted by Gasteiger charge is 2.23. The molecule has 0 bridgehead atoms. The molecule has 3 heteroatoms. The van der Waals surface area contributed by atoms with E-state index in [0.717, 1.165) is 17.0 Å². The van der Waals surface area contributed by atoms with Gasteiger partial charge in [0.25, 0.3) is 0 Å². The molecule has 1 aromatic rings. The molecule has 1 saturated carbocycles. The van der Waals surface area contributed by atoms with Crippen LogP contribution in [0.4, 0.5) is 5.13 Å². The lowest BCUT2D eigenvalue weighted by atomic mass is 9.80. The Hall–Kier alpha value is -0.570. The number of hydrogen-bond donors (Lipinski definition) is 1. The maximum atomic E-state index is 4.27. The molecule has 0 saturated heterocycles. The molecule has 2 nitrogen and oxygen atoms in total. The van der Waals surface area contributed by atoms with Crippen molar-refractivity contribution in [1.29, 1.82) is 0 Å². The van der Waals surface area contributed by atoms with Crippen LogP contribution in [0, 0.1) is 11.8 Å². The Balaban J connectivity index is 1.79. The molecule has 1 aliphatic rings. The molecule has 1 aliphatic carbocycles. The first kappa shape index (κ1) is 10.9. The van der Waals surface area contributed by atoms with Crippen LogP contribution in [0.25, 0.3) is 0 Å². The third-order valence-electron chi connectivity index (χ3n) is 3.47. The summed E-state index contributed by atoms with van der Waals surface area (Å²) in [5.41, 5.74) is 0. The van der Waals surface area contributed by atoms with Gasteiger partial charge in [-0.3, -0.25) is 0 Å². The van der Waals surface area contributed by atoms with Crippen LogP contribution in [0.15, 0.2) is 11.6 Å². The Morgan fingerprint density at radius 1 is 1.33 bits per heavy atom. The van der Waals surface area contributed by atoms with Crippen molar-refractivity contribution in [2.24, 2.45) is 11.8 Å². The number of anilines is 1. The SMILES string of the molecule is CC(C)C1CCC(Nc2nccs2)CC1. The molecule has 0 aliphatic heterocycles. The third kappa shape index (κ3) is 2.94. The van der Waals surface area contributed by atoms with Crippen molar-refractivity contribution in [3.05, 3.63) is 11.6 Å². The molecule has 1 fully saturated rings. The summed E-state index contributed by atoms with van der Waals surface area (Å²) in [6.07, 6.45) is 7.24. The van der Waals surface area contributed by atoms with Crippen molar-refractivity contribution < 1.29 is 0 Å². The Morgan fingerprint density at radius 3 is 2.60 bits per heavy atom. The molecule has 2 rings (SSSR count). The second kappa shape index (κ2) is 4.97. The van der Waals surface area contributed by atoms with E-state index in [9.17, 15) is 0 Å². The van der Waals surface area contributed by atoms with Gasteiger partial charge in [0.05, 0.1) is 0 Å². The minimum absolute atomic E-state index is 0.658. The molecular weight excluding hydrogens is 204 g/mol. The monoisotopic (exact) mass is 224 g/mol. The summed E-state index contributed by atoms with van der Waals surface area (Å²) in [6.45, 7) is 4.69. The second-order valence-electron chi connectivity index (χ2n) is 4.84. The van der Waals surface area contributed by atoms with E-state index in [4.69, 9.17) is 0 Å². The molecule has 0 amide bonds. The molecule has 1 aromatic heterocycles. The van der Waals surface area contributed by atoms with E-state index in [-0.39, 0.29) is 0 Å². The van der Waals surface area contributed by atoms with Gasteiger partial charge in [-0.15, -0.1) is 11.3 Å². The number of nitrogens with zero attached hydrogens (tertiary/aromatic N) is 1. The lowest BCUT2D eigenvalue weighted by molar-refractivity contribution is 0.267. The van der Waals surface area contributed by atoms with E-state index in [2.05, 4.69) is 24.1 Å². The van der Waals surface area contributed by atoms with E-state index < -0.39 is 0 Å². The minimum Gasteiger partial charge on any atom is -0.359 e. The van der Waals surface area contributed by atoms with E-state index in [1.54, 1.807) is 11.3 Å². The van der Waals surface area contributed by atoms with Crippen molar-refractivity contribution in [2.75, 3.05) is 5.32 Å². The van der Waals surface area contributed by atoms with E-state index in [1.807, 2.05) is 11.6 Å². The molecule has 0 spiro atoms. The molecule has 0 aromatic carbocycles. The number of aromatic nitrogens is 1. The summed E-state index contributed by atoms with van der Waals surface area (Å²) < 4.78 is 0. The van der Waals surface area contributed by atoms with Crippen LogP contribution in [-0.4, -0.2) is 11.0 Å². The molecular formula is C12H20N2S. The largest absolute Gasteiger partial charge is 0.359 e. The van der Waals surface area contributed by atoms with Gasteiger partial charge in [0.2, 0.25) is 0 Å². The van der Waals surface area contributed by atoms with Gasteiger partial charge in [-0.25, -0.2) is 4.98 Å². The van der Waals surface area contributed by atoms with Crippen LogP contribution >= 0.6 is 11.3 Å². The van der Waals surface area contributed by atoms with Crippen LogP contribution in [0.3, 0.4) is 0 Å². The summed E-state index contributed by atoms with van der Waals surface area (Å²) >= 11 is 1.70. The fraction of sp³-hybridized carbons (Fsp3) is 0.750. The first-order valence-corrected chi connectivity index (χ1v) is 6.79. The van der Waals surface area contributed by atoms with Crippen molar-refractivity contribution in [1.82, 2.24) is 4.98 Å². The molecule has 15 heavy (non-hydrogen) atoms. The van der Waals surface area contributed by atoms with Crippen LogP contribution < -0.4 is 5.32 Å². The smallest absolute Gasteiger partial charge is 0.182 e. The normalized spacial score (nSPS) is 26.9. The Bertz CT molecular complexity index is 274. The van der Waals surface area contributed by atoms with Gasteiger partial charge >= 0.3 is 0 Å². The van der Waals surface area contributed by atoms with Crippen molar-refractivity contribution in [3.63, 3.8) is 0 Å². The van der Waals surface area contributed by atoms with E-state index in [1.165, 1.54) is 25.7 Å². The molecule has 0 unspecified atom stereocenters. The number of hydrogen-bond acceptors (Lipinski definition) is 3. The third-order valence-corrected chi connectivity index (χ3v) is 4.18. The highest BCUT2D eigenvalue weighted by Crippen LogP contribution is 2.31. The highest BCUT2D eigenvalue weighted by atomic mass is 32.1. The maximum Gasteiger partial charge on any atom is 0.182 e. The Kier molecular flexibility index (Phi) is 3.62. The van der Waals surface area contributed by atoms with E-state index >= 15 is 0 Å². The fourth-order valence-corrected chi connectivity index (χ4v) is 3.01. The fourth-order valence-electron chi connectivity index (χ4n) is 2.40. The van der Waals surface area contributed by atoms with Crippen molar-refractivity contribution in [2.45, 2.75) is 45.6 Å². The summed E-state index contributed by atoms with van der Waals surface area (Å²) in [4.78, 5) is 4.27. The maximum absolute atomic E-state index is 4.27. The predicted octanol–water partition coefficient (Wildman–Crippen LogP) is 3.77. The summed E-state index contributed by atoms with van der Waals surface area (Å²) in [5.74, 6) is 1.80. The lowest BCUT2D eigenvalue weighted by Crippen LogP contribution is -2.27. The Labute approximate surface area is 96.1 Å². The quantitative estimate of drug-likeness (QED) is 0.845. The number of nitrogens with one attached hydrogen (secondary N) is 1. The first-order valence-electron chi connectivity index (χ1n) is 5.91. The molecule has 0 atom stereocenters. The van der Waals surface area contributed by atoms with Gasteiger partial charge in [0.15, 0.2) is 5.13 Å². The summed E-state index contributed by atoms with van der Waals surface area (Å²) in [5, 5.41) is 6.64. The molecule has 1 N–H and O–H groups in total. The van der Waals surface area contributed by atoms with Crippen LogP contribution in [-0.2, 0) is 0 Å². The van der Waals surface area contributed by atoms with Crippen molar-refractivity contribution >= 4 is 16.5 Å². The standard InChI is InChI=1S/C12H20N2S/c1-9(2)10-3-5-11(6-4-10)14-12-13-7-8-15-12/h7-11H,3-6H2,1-2H3,(H,13,14). The number of thiazole rings is 1. The van der Waals surface area contributed by atoms with Crippen LogP contribution in [0.5, 0.6) is 0 Å². The molecule has 0 radical (unpaired) electrons. The second-order valence-corrected chi connectivity index (χ2v) is 5.73. The van der Waals surface area contributed by atoms with Gasteiger partial charge in [0.1, 0.15) is 0 Å². The summed E-state index contributed by atoms with van der Waals surface area (Å²) in [6, 6.07) is 0.658. The van der Waals surface area contributed by atoms with Crippen molar-refractivity contribution in [3.8, 4) is 0 Å². The van der Waals surface area contributed by atoms with Gasteiger partial charge in [0, 0.05) is 17.6 Å². The Morgan fingerprint density at radius 2 is 2.07 bits per heavy atom. The van der Waals surface area contributed by atoms with Gasteiger partial charge in [-0.1, -0.05) is 13.8 Å². The first-order chi connectivity index (χ1) is 7.25. The van der Waals surface area contributed by atoms with Gasteiger partial charge in [-0.2, -0.15) is 0 Å². The predicted molar refractivity (Wildman–Crippen MR) is 66.3 cm³/mol. The molecule has 84 valence electrons.